The van der Waals surface area contributed by atoms with E-state index < -0.39 is 0 Å². The van der Waals surface area contributed by atoms with Gasteiger partial charge in [-0.25, -0.2) is 4.98 Å². The molecule has 0 N–H and O–H groups in total. The zero-order chi connectivity index (χ0) is 12.3. The fraction of sp³-hybridized carbons (Fsp3) is 0.357. The molecule has 90 valence electrons. The summed E-state index contributed by atoms with van der Waals surface area (Å²) in [6, 6.07) is 10.4. The van der Waals surface area contributed by atoms with Crippen LogP contribution in [0, 0.1) is 6.92 Å². The molecule has 0 saturated heterocycles. The van der Waals surface area contributed by atoms with Crippen LogP contribution in [0.1, 0.15) is 19.5 Å². The van der Waals surface area contributed by atoms with Crippen molar-refractivity contribution in [3.8, 4) is 10.6 Å². The Balaban J connectivity index is 2.37. The topological polar surface area (TPSA) is 16.1 Å². The molecule has 0 aliphatic carbocycles. The third-order valence-electron chi connectivity index (χ3n) is 2.84. The van der Waals surface area contributed by atoms with Crippen molar-refractivity contribution in [3.63, 3.8) is 0 Å². The van der Waals surface area contributed by atoms with Crippen LogP contribution >= 0.6 is 11.3 Å². The van der Waals surface area contributed by atoms with Crippen LogP contribution in [0.2, 0.25) is 0 Å². The van der Waals surface area contributed by atoms with Crippen LogP contribution in [-0.2, 0) is 0 Å². The molecule has 1 heterocycles. The van der Waals surface area contributed by atoms with Crippen LogP contribution in [0.4, 0.5) is 5.00 Å². The minimum atomic E-state index is 1.04. The molecular formula is C14H18N2S. The number of aryl methyl sites for hydroxylation is 1. The molecule has 1 aromatic heterocycles. The van der Waals surface area contributed by atoms with E-state index in [4.69, 9.17) is 0 Å². The Morgan fingerprint density at radius 1 is 1.12 bits per heavy atom. The first kappa shape index (κ1) is 12.1. The number of hydrogen-bond acceptors (Lipinski definition) is 3. The standard InChI is InChI=1S/C14H18N2S/c1-4-16(5-2)14-11(3)15-13(17-14)12-9-7-6-8-10-12/h6-10H,4-5H2,1-3H3. The molecule has 2 rings (SSSR count). The van der Waals surface area contributed by atoms with Gasteiger partial charge in [0.25, 0.3) is 0 Å². The molecule has 0 fully saturated rings. The summed E-state index contributed by atoms with van der Waals surface area (Å²) >= 11 is 1.78. The lowest BCUT2D eigenvalue weighted by Gasteiger charge is -2.18. The molecule has 17 heavy (non-hydrogen) atoms. The second kappa shape index (κ2) is 5.32. The zero-order valence-electron chi connectivity index (χ0n) is 10.6. The van der Waals surface area contributed by atoms with Gasteiger partial charge in [0.15, 0.2) is 0 Å². The minimum absolute atomic E-state index is 1.04. The average Bonchev–Trinajstić information content (AvgIpc) is 2.75. The van der Waals surface area contributed by atoms with Crippen LogP contribution < -0.4 is 4.90 Å². The smallest absolute Gasteiger partial charge is 0.125 e. The maximum atomic E-state index is 4.67. The molecule has 0 radical (unpaired) electrons. The van der Waals surface area contributed by atoms with Crippen LogP contribution in [0.5, 0.6) is 0 Å². The Kier molecular flexibility index (Phi) is 3.79. The van der Waals surface area contributed by atoms with Crippen LogP contribution in [0.15, 0.2) is 30.3 Å². The number of hydrogen-bond donors (Lipinski definition) is 0. The van der Waals surface area contributed by atoms with E-state index in [2.05, 4.69) is 54.9 Å². The number of aromatic nitrogens is 1. The third-order valence-corrected chi connectivity index (χ3v) is 4.11. The fourth-order valence-electron chi connectivity index (χ4n) is 1.90. The maximum absolute atomic E-state index is 4.67. The summed E-state index contributed by atoms with van der Waals surface area (Å²) in [5.74, 6) is 0. The van der Waals surface area contributed by atoms with Gasteiger partial charge in [-0.2, -0.15) is 0 Å². The summed E-state index contributed by atoms with van der Waals surface area (Å²) in [5.41, 5.74) is 2.34. The normalized spacial score (nSPS) is 10.5. The minimum Gasteiger partial charge on any atom is -0.362 e. The SMILES string of the molecule is CCN(CC)c1sc(-c2ccccc2)nc1C. The van der Waals surface area contributed by atoms with Gasteiger partial charge in [-0.1, -0.05) is 41.7 Å². The largest absolute Gasteiger partial charge is 0.362 e. The summed E-state index contributed by atoms with van der Waals surface area (Å²) in [5, 5.41) is 2.42. The zero-order valence-corrected chi connectivity index (χ0v) is 11.4. The van der Waals surface area contributed by atoms with Gasteiger partial charge in [0.05, 0.1) is 5.69 Å². The molecule has 0 saturated carbocycles. The van der Waals surface area contributed by atoms with E-state index in [1.165, 1.54) is 10.6 Å². The Morgan fingerprint density at radius 2 is 1.76 bits per heavy atom. The van der Waals surface area contributed by atoms with Gasteiger partial charge in [-0.3, -0.25) is 0 Å². The molecule has 0 unspecified atom stereocenters. The molecule has 3 heteroatoms. The number of thiazole rings is 1. The number of anilines is 1. The monoisotopic (exact) mass is 246 g/mol. The van der Waals surface area contributed by atoms with E-state index >= 15 is 0 Å². The molecule has 1 aromatic carbocycles. The van der Waals surface area contributed by atoms with Gasteiger partial charge in [0.2, 0.25) is 0 Å². The van der Waals surface area contributed by atoms with E-state index in [0.29, 0.717) is 0 Å². The van der Waals surface area contributed by atoms with Gasteiger partial charge in [-0.15, -0.1) is 0 Å². The molecule has 0 aliphatic heterocycles. The number of rotatable bonds is 4. The van der Waals surface area contributed by atoms with Gasteiger partial charge >= 0.3 is 0 Å². The van der Waals surface area contributed by atoms with Crippen molar-refractivity contribution >= 4 is 16.3 Å². The van der Waals surface area contributed by atoms with Crippen molar-refractivity contribution in [2.75, 3.05) is 18.0 Å². The summed E-state index contributed by atoms with van der Waals surface area (Å²) in [7, 11) is 0. The maximum Gasteiger partial charge on any atom is 0.125 e. The Labute approximate surface area is 107 Å². The predicted octanol–water partition coefficient (Wildman–Crippen LogP) is 3.96. The lowest BCUT2D eigenvalue weighted by Crippen LogP contribution is -2.21. The average molecular weight is 246 g/mol. The van der Waals surface area contributed by atoms with Crippen LogP contribution in [0.3, 0.4) is 0 Å². The van der Waals surface area contributed by atoms with Gasteiger partial charge < -0.3 is 4.90 Å². The summed E-state index contributed by atoms with van der Waals surface area (Å²) in [6.45, 7) is 8.54. The highest BCUT2D eigenvalue weighted by atomic mass is 32.1. The summed E-state index contributed by atoms with van der Waals surface area (Å²) in [6.07, 6.45) is 0. The molecule has 0 aliphatic rings. The highest BCUT2D eigenvalue weighted by molar-refractivity contribution is 7.19. The van der Waals surface area contributed by atoms with Gasteiger partial charge in [0, 0.05) is 18.7 Å². The molecule has 2 nitrogen and oxygen atoms in total. The number of nitrogens with zero attached hydrogens (tertiary/aromatic N) is 2. The quantitative estimate of drug-likeness (QED) is 0.811. The highest BCUT2D eigenvalue weighted by Crippen LogP contribution is 2.33. The second-order valence-electron chi connectivity index (χ2n) is 3.95. The lowest BCUT2D eigenvalue weighted by molar-refractivity contribution is 0.869. The van der Waals surface area contributed by atoms with Crippen molar-refractivity contribution in [2.24, 2.45) is 0 Å². The third kappa shape index (κ3) is 2.50. The summed E-state index contributed by atoms with van der Waals surface area (Å²) in [4.78, 5) is 7.04. The first-order valence-electron chi connectivity index (χ1n) is 6.04. The molecule has 0 bridgehead atoms. The van der Waals surface area contributed by atoms with Crippen LogP contribution in [-0.4, -0.2) is 18.1 Å². The van der Waals surface area contributed by atoms with E-state index in [1.807, 2.05) is 6.07 Å². The fourth-order valence-corrected chi connectivity index (χ4v) is 3.10. The van der Waals surface area contributed by atoms with E-state index in [1.54, 1.807) is 11.3 Å². The molecule has 0 spiro atoms. The Morgan fingerprint density at radius 3 is 2.35 bits per heavy atom. The predicted molar refractivity (Wildman–Crippen MR) is 75.8 cm³/mol. The summed E-state index contributed by atoms with van der Waals surface area (Å²) < 4.78 is 0. The Bertz CT molecular complexity index is 472. The van der Waals surface area contributed by atoms with Crippen molar-refractivity contribution < 1.29 is 0 Å². The highest BCUT2D eigenvalue weighted by Gasteiger charge is 2.12. The molecule has 0 amide bonds. The van der Waals surface area contributed by atoms with E-state index in [9.17, 15) is 0 Å². The van der Waals surface area contributed by atoms with Gasteiger partial charge in [-0.05, 0) is 20.8 Å². The van der Waals surface area contributed by atoms with Crippen LogP contribution in [0.25, 0.3) is 10.6 Å². The molecule has 0 atom stereocenters. The first-order valence-corrected chi connectivity index (χ1v) is 6.85. The van der Waals surface area contributed by atoms with Crippen molar-refractivity contribution in [1.82, 2.24) is 4.98 Å². The van der Waals surface area contributed by atoms with E-state index in [-0.39, 0.29) is 0 Å². The Hall–Kier alpha value is -1.35. The van der Waals surface area contributed by atoms with Crippen molar-refractivity contribution in [1.29, 1.82) is 0 Å². The first-order chi connectivity index (χ1) is 8.26. The molecular weight excluding hydrogens is 228 g/mol. The molecule has 2 aromatic rings. The van der Waals surface area contributed by atoms with Crippen molar-refractivity contribution in [3.05, 3.63) is 36.0 Å². The van der Waals surface area contributed by atoms with Gasteiger partial charge in [0.1, 0.15) is 10.0 Å². The second-order valence-corrected chi connectivity index (χ2v) is 4.93. The van der Waals surface area contributed by atoms with Crippen molar-refractivity contribution in [2.45, 2.75) is 20.8 Å². The number of benzene rings is 1. The van der Waals surface area contributed by atoms with E-state index in [0.717, 1.165) is 23.8 Å². The lowest BCUT2D eigenvalue weighted by atomic mass is 10.2.